The first-order valence-corrected chi connectivity index (χ1v) is 12.1. The molecule has 0 aromatic carbocycles. The SMILES string of the molecule is C[Si]1(C)O[Si]2O[Si](O2)O[Si](C)(C)O1. The molecular weight excluding hydrogens is 240 g/mol. The predicted octanol–water partition coefficient (Wildman–Crippen LogP) is 0.470. The Morgan fingerprint density at radius 2 is 1.15 bits per heavy atom. The van der Waals surface area contributed by atoms with E-state index < -0.39 is 36.2 Å². The van der Waals surface area contributed by atoms with Gasteiger partial charge in [-0.1, -0.05) is 0 Å². The van der Waals surface area contributed by atoms with E-state index in [9.17, 15) is 0 Å². The minimum absolute atomic E-state index is 1.49. The molecule has 0 atom stereocenters. The van der Waals surface area contributed by atoms with Crippen molar-refractivity contribution >= 4 is 36.2 Å². The molecule has 9 heteroatoms. The Kier molecular flexibility index (Phi) is 2.41. The van der Waals surface area contributed by atoms with E-state index in [2.05, 4.69) is 0 Å². The Bertz CT molecular complexity index is 195. The third kappa shape index (κ3) is 2.37. The van der Waals surface area contributed by atoms with Gasteiger partial charge < -0.3 is 20.6 Å². The highest BCUT2D eigenvalue weighted by Crippen LogP contribution is 2.27. The predicted molar refractivity (Wildman–Crippen MR) is 51.9 cm³/mol. The number of hydrogen-bond acceptors (Lipinski definition) is 5. The van der Waals surface area contributed by atoms with Gasteiger partial charge in [0, 0.05) is 0 Å². The summed E-state index contributed by atoms with van der Waals surface area (Å²) in [5.41, 5.74) is 0. The van der Waals surface area contributed by atoms with E-state index in [-0.39, 0.29) is 0 Å². The van der Waals surface area contributed by atoms with E-state index in [0.717, 1.165) is 0 Å². The second-order valence-electron chi connectivity index (χ2n) is 3.81. The quantitative estimate of drug-likeness (QED) is 0.587. The van der Waals surface area contributed by atoms with Crippen molar-refractivity contribution in [3.05, 3.63) is 0 Å². The van der Waals surface area contributed by atoms with Crippen LogP contribution in [0.15, 0.2) is 0 Å². The van der Waals surface area contributed by atoms with E-state index in [1.165, 1.54) is 0 Å². The fourth-order valence-corrected chi connectivity index (χ4v) is 13.6. The maximum Gasteiger partial charge on any atom is 0.552 e. The van der Waals surface area contributed by atoms with Gasteiger partial charge in [-0.25, -0.2) is 0 Å². The van der Waals surface area contributed by atoms with Crippen molar-refractivity contribution in [3.63, 3.8) is 0 Å². The van der Waals surface area contributed by atoms with E-state index >= 15 is 0 Å². The van der Waals surface area contributed by atoms with Gasteiger partial charge in [-0.15, -0.1) is 0 Å². The number of hydrogen-bond donors (Lipinski definition) is 0. The lowest BCUT2D eigenvalue weighted by molar-refractivity contribution is 0.105. The Balaban J connectivity index is 2.10. The molecule has 13 heavy (non-hydrogen) atoms. The maximum atomic E-state index is 5.89. The lowest BCUT2D eigenvalue weighted by atomic mass is 11.9. The van der Waals surface area contributed by atoms with Crippen LogP contribution in [0.5, 0.6) is 0 Å². The maximum absolute atomic E-state index is 5.89. The topological polar surface area (TPSA) is 46.2 Å². The van der Waals surface area contributed by atoms with Crippen LogP contribution in [0, 0.1) is 0 Å². The molecule has 0 amide bonds. The summed E-state index contributed by atoms with van der Waals surface area (Å²) in [6.07, 6.45) is 0. The van der Waals surface area contributed by atoms with Crippen molar-refractivity contribution in [2.75, 3.05) is 0 Å². The van der Waals surface area contributed by atoms with E-state index in [1.807, 2.05) is 26.2 Å². The molecule has 0 unspecified atom stereocenters. The van der Waals surface area contributed by atoms with Gasteiger partial charge in [0.15, 0.2) is 0 Å². The molecule has 0 aromatic rings. The summed E-state index contributed by atoms with van der Waals surface area (Å²) < 4.78 is 27.9. The van der Waals surface area contributed by atoms with Gasteiger partial charge in [-0.05, 0) is 26.2 Å². The molecule has 0 aliphatic carbocycles. The molecule has 5 nitrogen and oxygen atoms in total. The van der Waals surface area contributed by atoms with Crippen LogP contribution in [0.25, 0.3) is 0 Å². The first-order chi connectivity index (χ1) is 5.86. The van der Waals surface area contributed by atoms with Crippen LogP contribution in [0.1, 0.15) is 0 Å². The van der Waals surface area contributed by atoms with Crippen molar-refractivity contribution < 1.29 is 20.6 Å². The lowest BCUT2D eigenvalue weighted by Gasteiger charge is -2.43. The molecule has 3 rings (SSSR count). The summed E-state index contributed by atoms with van der Waals surface area (Å²) in [5, 5.41) is 0. The highest BCUT2D eigenvalue weighted by Gasteiger charge is 2.55. The molecule has 2 radical (unpaired) electrons. The zero-order valence-corrected chi connectivity index (χ0v) is 12.0. The normalized spacial score (nSPS) is 33.2. The van der Waals surface area contributed by atoms with Gasteiger partial charge in [-0.2, -0.15) is 0 Å². The molecule has 2 bridgehead atoms. The van der Waals surface area contributed by atoms with Crippen LogP contribution in [0.4, 0.5) is 0 Å². The van der Waals surface area contributed by atoms with Crippen LogP contribution < -0.4 is 0 Å². The molecular formula is C4H12O5Si4. The van der Waals surface area contributed by atoms with Crippen LogP contribution in [0.3, 0.4) is 0 Å². The van der Waals surface area contributed by atoms with Gasteiger partial charge in [0.25, 0.3) is 0 Å². The molecule has 74 valence electrons. The smallest absolute Gasteiger partial charge is 0.416 e. The van der Waals surface area contributed by atoms with Gasteiger partial charge >= 0.3 is 36.2 Å². The Labute approximate surface area is 83.3 Å². The second-order valence-corrected chi connectivity index (χ2v) is 14.5. The minimum Gasteiger partial charge on any atom is -0.416 e. The monoisotopic (exact) mass is 252 g/mol. The van der Waals surface area contributed by atoms with Crippen LogP contribution >= 0.6 is 0 Å². The van der Waals surface area contributed by atoms with Crippen molar-refractivity contribution in [1.82, 2.24) is 0 Å². The Morgan fingerprint density at radius 1 is 0.769 bits per heavy atom. The Morgan fingerprint density at radius 3 is 1.54 bits per heavy atom. The number of rotatable bonds is 0. The summed E-state index contributed by atoms with van der Waals surface area (Å²) in [5.74, 6) is 0. The second kappa shape index (κ2) is 3.08. The minimum atomic E-state index is -2.09. The zero-order chi connectivity index (χ0) is 9.69. The molecule has 0 saturated carbocycles. The summed E-state index contributed by atoms with van der Waals surface area (Å²) >= 11 is 0. The highest BCUT2D eigenvalue weighted by molar-refractivity contribution is 6.88. The highest BCUT2D eigenvalue weighted by atomic mass is 28.6. The largest absolute Gasteiger partial charge is 0.552 e. The summed E-state index contributed by atoms with van der Waals surface area (Å²) in [6.45, 7) is 7.97. The average Bonchev–Trinajstić information content (AvgIpc) is 1.75. The molecule has 0 spiro atoms. The van der Waals surface area contributed by atoms with Gasteiger partial charge in [0.1, 0.15) is 0 Å². The fraction of sp³-hybridized carbons (Fsp3) is 1.00. The van der Waals surface area contributed by atoms with Crippen LogP contribution in [0.2, 0.25) is 26.2 Å². The van der Waals surface area contributed by atoms with Crippen molar-refractivity contribution in [3.8, 4) is 0 Å². The van der Waals surface area contributed by atoms with Gasteiger partial charge in [-0.3, -0.25) is 0 Å². The molecule has 3 heterocycles. The van der Waals surface area contributed by atoms with E-state index in [0.29, 0.717) is 0 Å². The third-order valence-corrected chi connectivity index (χ3v) is 13.3. The first kappa shape index (κ1) is 10.2. The standard InChI is InChI=1S/C4H12O5Si4/c1-12(2)7-10-5-11(6-10)8-13(3,4)9-12/h1-4H3. The van der Waals surface area contributed by atoms with Crippen LogP contribution in [-0.4, -0.2) is 36.2 Å². The lowest BCUT2D eigenvalue weighted by Crippen LogP contribution is -2.66. The van der Waals surface area contributed by atoms with Gasteiger partial charge in [0.05, 0.1) is 0 Å². The van der Waals surface area contributed by atoms with Gasteiger partial charge in [0.2, 0.25) is 0 Å². The van der Waals surface area contributed by atoms with E-state index in [4.69, 9.17) is 20.6 Å². The molecule has 0 N–H and O–H groups in total. The first-order valence-electron chi connectivity index (χ1n) is 4.04. The van der Waals surface area contributed by atoms with E-state index in [1.54, 1.807) is 0 Å². The summed E-state index contributed by atoms with van der Waals surface area (Å²) in [6, 6.07) is 0. The van der Waals surface area contributed by atoms with Crippen molar-refractivity contribution in [1.29, 1.82) is 0 Å². The Hall–Kier alpha value is 0.668. The average molecular weight is 252 g/mol. The van der Waals surface area contributed by atoms with Crippen LogP contribution in [-0.2, 0) is 20.6 Å². The molecule has 3 aliphatic heterocycles. The third-order valence-electron chi connectivity index (χ3n) is 1.48. The molecule has 3 aliphatic rings. The molecule has 0 aromatic heterocycles. The molecule has 3 saturated heterocycles. The number of fused-ring (bicyclic) bond motifs is 4. The summed E-state index contributed by atoms with van der Waals surface area (Å²) in [7, 11) is -7.14. The molecule has 3 fully saturated rings. The van der Waals surface area contributed by atoms with Crippen molar-refractivity contribution in [2.45, 2.75) is 26.2 Å². The zero-order valence-electron chi connectivity index (χ0n) is 8.04. The fourth-order valence-electron chi connectivity index (χ4n) is 1.26. The summed E-state index contributed by atoms with van der Waals surface area (Å²) in [4.78, 5) is 0. The van der Waals surface area contributed by atoms with Crippen molar-refractivity contribution in [2.24, 2.45) is 0 Å².